The van der Waals surface area contributed by atoms with Gasteiger partial charge in [-0.3, -0.25) is 0 Å². The Kier molecular flexibility index (Phi) is 2.48. The van der Waals surface area contributed by atoms with Gasteiger partial charge < -0.3 is 9.67 Å². The Bertz CT molecular complexity index is 591. The van der Waals surface area contributed by atoms with Crippen LogP contribution in [0.5, 0.6) is 0 Å². The standard InChI is InChI=1S/C14H15FN2O/c1-8(2)14(18)13-10-4-3-9(15)5-11(10)12-6-16-7-17(12)13/h3-8,13-14,18H,1-2H3/t13-,14?/m1/s1. The Morgan fingerprint density at radius 1 is 1.39 bits per heavy atom. The number of halogens is 1. The maximum atomic E-state index is 13.4. The van der Waals surface area contributed by atoms with E-state index in [0.717, 1.165) is 16.8 Å². The lowest BCUT2D eigenvalue weighted by atomic mass is 9.93. The Hall–Kier alpha value is -1.68. The van der Waals surface area contributed by atoms with Crippen LogP contribution in [0, 0.1) is 11.7 Å². The van der Waals surface area contributed by atoms with Gasteiger partial charge in [-0.05, 0) is 23.6 Å². The van der Waals surface area contributed by atoms with Crippen molar-refractivity contribution in [2.24, 2.45) is 5.92 Å². The van der Waals surface area contributed by atoms with Crippen LogP contribution in [0.3, 0.4) is 0 Å². The van der Waals surface area contributed by atoms with Crippen LogP contribution in [-0.2, 0) is 0 Å². The van der Waals surface area contributed by atoms with Crippen molar-refractivity contribution >= 4 is 0 Å². The van der Waals surface area contributed by atoms with Crippen molar-refractivity contribution in [3.63, 3.8) is 0 Å². The zero-order valence-corrected chi connectivity index (χ0v) is 10.3. The zero-order valence-electron chi connectivity index (χ0n) is 10.3. The Morgan fingerprint density at radius 3 is 2.89 bits per heavy atom. The minimum atomic E-state index is -0.510. The Morgan fingerprint density at radius 2 is 2.17 bits per heavy atom. The van der Waals surface area contributed by atoms with Crippen LogP contribution in [0.25, 0.3) is 11.3 Å². The lowest BCUT2D eigenvalue weighted by Gasteiger charge is -2.24. The van der Waals surface area contributed by atoms with E-state index in [1.807, 2.05) is 18.4 Å². The van der Waals surface area contributed by atoms with Crippen LogP contribution in [0.1, 0.15) is 25.5 Å². The molecule has 0 aliphatic carbocycles. The van der Waals surface area contributed by atoms with Gasteiger partial charge in [0.1, 0.15) is 5.82 Å². The van der Waals surface area contributed by atoms with Crippen molar-refractivity contribution in [1.82, 2.24) is 9.55 Å². The Balaban J connectivity index is 2.19. The summed E-state index contributed by atoms with van der Waals surface area (Å²) in [7, 11) is 0. The first-order chi connectivity index (χ1) is 8.59. The van der Waals surface area contributed by atoms with Crippen molar-refractivity contribution in [3.05, 3.63) is 42.1 Å². The number of aromatic nitrogens is 2. The van der Waals surface area contributed by atoms with Gasteiger partial charge in [0, 0.05) is 5.56 Å². The fourth-order valence-electron chi connectivity index (χ4n) is 2.61. The third-order valence-electron chi connectivity index (χ3n) is 3.58. The van der Waals surface area contributed by atoms with E-state index in [4.69, 9.17) is 0 Å². The molecule has 2 aromatic rings. The predicted molar refractivity (Wildman–Crippen MR) is 66.6 cm³/mol. The number of aliphatic hydroxyl groups excluding tert-OH is 1. The first-order valence-electron chi connectivity index (χ1n) is 6.09. The first kappa shape index (κ1) is 11.4. The van der Waals surface area contributed by atoms with Gasteiger partial charge in [-0.15, -0.1) is 0 Å². The van der Waals surface area contributed by atoms with Crippen molar-refractivity contribution in [2.75, 3.05) is 0 Å². The minimum Gasteiger partial charge on any atom is -0.390 e. The largest absolute Gasteiger partial charge is 0.390 e. The van der Waals surface area contributed by atoms with Gasteiger partial charge in [-0.1, -0.05) is 19.9 Å². The quantitative estimate of drug-likeness (QED) is 0.884. The minimum absolute atomic E-state index is 0.126. The van der Waals surface area contributed by atoms with Gasteiger partial charge in [0.2, 0.25) is 0 Å². The lowest BCUT2D eigenvalue weighted by Crippen LogP contribution is -2.27. The number of imidazole rings is 1. The van der Waals surface area contributed by atoms with E-state index in [1.54, 1.807) is 18.6 Å². The van der Waals surface area contributed by atoms with Crippen LogP contribution in [-0.4, -0.2) is 20.8 Å². The summed E-state index contributed by atoms with van der Waals surface area (Å²) >= 11 is 0. The fraction of sp³-hybridized carbons (Fsp3) is 0.357. The summed E-state index contributed by atoms with van der Waals surface area (Å²) in [5.41, 5.74) is 2.67. The molecular formula is C14H15FN2O. The monoisotopic (exact) mass is 246 g/mol. The molecule has 1 aromatic heterocycles. The van der Waals surface area contributed by atoms with E-state index in [1.165, 1.54) is 12.1 Å². The number of hydrogen-bond acceptors (Lipinski definition) is 2. The van der Waals surface area contributed by atoms with Gasteiger partial charge in [0.05, 0.1) is 30.4 Å². The van der Waals surface area contributed by atoms with E-state index in [0.29, 0.717) is 0 Å². The molecule has 0 saturated heterocycles. The number of nitrogens with zero attached hydrogens (tertiary/aromatic N) is 2. The van der Waals surface area contributed by atoms with Crippen LogP contribution in [0.4, 0.5) is 4.39 Å². The second-order valence-corrected chi connectivity index (χ2v) is 5.10. The highest BCUT2D eigenvalue weighted by molar-refractivity contribution is 5.69. The molecule has 1 aliphatic heterocycles. The van der Waals surface area contributed by atoms with Gasteiger partial charge in [0.15, 0.2) is 0 Å². The van der Waals surface area contributed by atoms with E-state index in [-0.39, 0.29) is 17.8 Å². The number of aliphatic hydroxyl groups is 1. The zero-order chi connectivity index (χ0) is 12.9. The summed E-state index contributed by atoms with van der Waals surface area (Å²) in [5, 5.41) is 10.4. The van der Waals surface area contributed by atoms with Crippen LogP contribution in [0.2, 0.25) is 0 Å². The van der Waals surface area contributed by atoms with Crippen molar-refractivity contribution < 1.29 is 9.50 Å². The normalized spacial score (nSPS) is 18.8. The van der Waals surface area contributed by atoms with Crippen molar-refractivity contribution in [3.8, 4) is 11.3 Å². The highest BCUT2D eigenvalue weighted by Gasteiger charge is 2.34. The maximum Gasteiger partial charge on any atom is 0.123 e. The smallest absolute Gasteiger partial charge is 0.123 e. The first-order valence-corrected chi connectivity index (χ1v) is 6.09. The van der Waals surface area contributed by atoms with Crippen molar-refractivity contribution in [1.29, 1.82) is 0 Å². The molecule has 1 aliphatic rings. The molecule has 0 amide bonds. The van der Waals surface area contributed by atoms with Gasteiger partial charge >= 0.3 is 0 Å². The topological polar surface area (TPSA) is 38.1 Å². The van der Waals surface area contributed by atoms with Crippen LogP contribution >= 0.6 is 0 Å². The molecule has 0 saturated carbocycles. The summed E-state index contributed by atoms with van der Waals surface area (Å²) in [5.74, 6) is -0.137. The van der Waals surface area contributed by atoms with Gasteiger partial charge in [-0.25, -0.2) is 9.37 Å². The number of benzene rings is 1. The highest BCUT2D eigenvalue weighted by atomic mass is 19.1. The summed E-state index contributed by atoms with van der Waals surface area (Å²) in [6.07, 6.45) is 2.90. The number of rotatable bonds is 2. The third kappa shape index (κ3) is 1.49. The molecule has 0 fully saturated rings. The molecule has 3 rings (SSSR count). The third-order valence-corrected chi connectivity index (χ3v) is 3.58. The average molecular weight is 246 g/mol. The second-order valence-electron chi connectivity index (χ2n) is 5.10. The molecule has 0 bridgehead atoms. The van der Waals surface area contributed by atoms with Crippen LogP contribution < -0.4 is 0 Å². The summed E-state index contributed by atoms with van der Waals surface area (Å²) in [6.45, 7) is 3.95. The molecule has 0 spiro atoms. The molecular weight excluding hydrogens is 231 g/mol. The lowest BCUT2D eigenvalue weighted by molar-refractivity contribution is 0.0879. The molecule has 1 N–H and O–H groups in total. The predicted octanol–water partition coefficient (Wildman–Crippen LogP) is 2.61. The van der Waals surface area contributed by atoms with E-state index < -0.39 is 6.10 Å². The van der Waals surface area contributed by atoms with Crippen LogP contribution in [0.15, 0.2) is 30.7 Å². The van der Waals surface area contributed by atoms with E-state index in [9.17, 15) is 9.50 Å². The summed E-state index contributed by atoms with van der Waals surface area (Å²) < 4.78 is 15.3. The maximum absolute atomic E-state index is 13.4. The second kappa shape index (κ2) is 3.92. The molecule has 4 heteroatoms. The SMILES string of the molecule is CC(C)C(O)[C@H]1c2ccc(F)cc2-c2cncn21. The average Bonchev–Trinajstić information content (AvgIpc) is 2.88. The molecule has 1 unspecified atom stereocenters. The van der Waals surface area contributed by atoms with Gasteiger partial charge in [0.25, 0.3) is 0 Å². The number of hydrogen-bond donors (Lipinski definition) is 1. The molecule has 2 heterocycles. The molecule has 1 aromatic carbocycles. The van der Waals surface area contributed by atoms with Gasteiger partial charge in [-0.2, -0.15) is 0 Å². The summed E-state index contributed by atoms with van der Waals surface area (Å²) in [6, 6.07) is 4.54. The Labute approximate surface area is 105 Å². The van der Waals surface area contributed by atoms with E-state index in [2.05, 4.69) is 4.98 Å². The highest BCUT2D eigenvalue weighted by Crippen LogP contribution is 2.42. The fourth-order valence-corrected chi connectivity index (χ4v) is 2.61. The molecule has 94 valence electrons. The van der Waals surface area contributed by atoms with E-state index >= 15 is 0 Å². The van der Waals surface area contributed by atoms with Crippen molar-refractivity contribution in [2.45, 2.75) is 26.0 Å². The number of fused-ring (bicyclic) bond motifs is 3. The molecule has 0 radical (unpaired) electrons. The molecule has 3 nitrogen and oxygen atoms in total. The molecule has 2 atom stereocenters. The molecule has 18 heavy (non-hydrogen) atoms. The summed E-state index contributed by atoms with van der Waals surface area (Å²) in [4.78, 5) is 4.09.